The highest BCUT2D eigenvalue weighted by molar-refractivity contribution is 5.76. The maximum absolute atomic E-state index is 12.5. The Morgan fingerprint density at radius 3 is 2.82 bits per heavy atom. The molecule has 1 fully saturated rings. The van der Waals surface area contributed by atoms with E-state index in [-0.39, 0.29) is 11.9 Å². The van der Waals surface area contributed by atoms with Crippen molar-refractivity contribution < 1.29 is 4.79 Å². The highest BCUT2D eigenvalue weighted by atomic mass is 16.2. The zero-order valence-corrected chi connectivity index (χ0v) is 13.4. The van der Waals surface area contributed by atoms with Crippen molar-refractivity contribution in [2.24, 2.45) is 0 Å². The second-order valence-electron chi connectivity index (χ2n) is 6.00. The van der Waals surface area contributed by atoms with Crippen LogP contribution in [0.4, 0.5) is 0 Å². The van der Waals surface area contributed by atoms with E-state index in [9.17, 15) is 4.79 Å². The second kappa shape index (κ2) is 5.90. The lowest BCUT2D eigenvalue weighted by Crippen LogP contribution is -2.42. The van der Waals surface area contributed by atoms with Gasteiger partial charge >= 0.3 is 0 Å². The fourth-order valence-corrected chi connectivity index (χ4v) is 3.05. The number of aryl methyl sites for hydroxylation is 3. The monoisotopic (exact) mass is 302 g/mol. The van der Waals surface area contributed by atoms with Crippen molar-refractivity contribution in [2.75, 3.05) is 13.1 Å². The third-order valence-electron chi connectivity index (χ3n) is 4.06. The lowest BCUT2D eigenvalue weighted by molar-refractivity contribution is -0.133. The number of hydrogen-bond donors (Lipinski definition) is 0. The molecule has 1 aliphatic heterocycles. The Bertz CT molecular complexity index is 673. The molecular weight excluding hydrogens is 280 g/mol. The Morgan fingerprint density at radius 2 is 2.18 bits per heavy atom. The van der Waals surface area contributed by atoms with E-state index < -0.39 is 0 Å². The number of carbonyl (C=O) groups excluding carboxylic acids is 1. The SMILES string of the molecule is Cc1cnn(CC(=O)N2CCC[C@H](n3nc(C)nc3C)C2)c1. The van der Waals surface area contributed by atoms with E-state index in [1.807, 2.05) is 36.5 Å². The zero-order chi connectivity index (χ0) is 15.7. The molecule has 118 valence electrons. The second-order valence-corrected chi connectivity index (χ2v) is 6.00. The van der Waals surface area contributed by atoms with Crippen molar-refractivity contribution in [1.82, 2.24) is 29.4 Å². The van der Waals surface area contributed by atoms with E-state index in [1.165, 1.54) is 0 Å². The molecule has 1 saturated heterocycles. The first-order valence-electron chi connectivity index (χ1n) is 7.69. The Kier molecular flexibility index (Phi) is 3.96. The van der Waals surface area contributed by atoms with Crippen LogP contribution in [0.15, 0.2) is 12.4 Å². The molecule has 0 aromatic carbocycles. The van der Waals surface area contributed by atoms with Gasteiger partial charge in [-0.25, -0.2) is 9.67 Å². The number of rotatable bonds is 3. The third-order valence-corrected chi connectivity index (χ3v) is 4.06. The van der Waals surface area contributed by atoms with Gasteiger partial charge in [-0.1, -0.05) is 0 Å². The van der Waals surface area contributed by atoms with Gasteiger partial charge in [0, 0.05) is 19.3 Å². The van der Waals surface area contributed by atoms with Crippen LogP contribution < -0.4 is 0 Å². The van der Waals surface area contributed by atoms with Crippen molar-refractivity contribution in [3.05, 3.63) is 29.6 Å². The number of piperidine rings is 1. The Hall–Kier alpha value is -2.18. The molecule has 7 nitrogen and oxygen atoms in total. The van der Waals surface area contributed by atoms with Crippen molar-refractivity contribution in [3.8, 4) is 0 Å². The minimum absolute atomic E-state index is 0.113. The molecular formula is C15H22N6O. The summed E-state index contributed by atoms with van der Waals surface area (Å²) in [7, 11) is 0. The van der Waals surface area contributed by atoms with Crippen molar-refractivity contribution in [2.45, 2.75) is 46.2 Å². The standard InChI is InChI=1S/C15H22N6O/c1-11-7-16-20(8-11)10-15(22)19-6-4-5-14(9-19)21-13(3)17-12(2)18-21/h7-8,14H,4-6,9-10H2,1-3H3/t14-/m0/s1. The minimum atomic E-state index is 0.113. The summed E-state index contributed by atoms with van der Waals surface area (Å²) in [6, 6.07) is 0.221. The molecule has 3 heterocycles. The number of aromatic nitrogens is 5. The average molecular weight is 302 g/mol. The summed E-state index contributed by atoms with van der Waals surface area (Å²) >= 11 is 0. The predicted octanol–water partition coefficient (Wildman–Crippen LogP) is 1.26. The van der Waals surface area contributed by atoms with Crippen LogP contribution in [-0.4, -0.2) is 48.4 Å². The van der Waals surface area contributed by atoms with Gasteiger partial charge in [-0.15, -0.1) is 0 Å². The van der Waals surface area contributed by atoms with Crippen molar-refractivity contribution >= 4 is 5.91 Å². The molecule has 0 unspecified atom stereocenters. The number of carbonyl (C=O) groups is 1. The normalized spacial score (nSPS) is 18.7. The topological polar surface area (TPSA) is 68.8 Å². The number of amides is 1. The molecule has 7 heteroatoms. The van der Waals surface area contributed by atoms with Crippen molar-refractivity contribution in [1.29, 1.82) is 0 Å². The molecule has 22 heavy (non-hydrogen) atoms. The maximum atomic E-state index is 12.5. The van der Waals surface area contributed by atoms with Crippen molar-refractivity contribution in [3.63, 3.8) is 0 Å². The summed E-state index contributed by atoms with van der Waals surface area (Å²) in [4.78, 5) is 18.7. The number of nitrogens with zero attached hydrogens (tertiary/aromatic N) is 6. The fourth-order valence-electron chi connectivity index (χ4n) is 3.05. The summed E-state index contributed by atoms with van der Waals surface area (Å²) in [6.45, 7) is 7.64. The minimum Gasteiger partial charge on any atom is -0.339 e. The van der Waals surface area contributed by atoms with Crippen LogP contribution in [0.25, 0.3) is 0 Å². The van der Waals surface area contributed by atoms with Gasteiger partial charge in [0.05, 0.1) is 12.2 Å². The molecule has 1 amide bonds. The molecule has 1 aliphatic rings. The van der Waals surface area contributed by atoms with Gasteiger partial charge in [-0.2, -0.15) is 10.2 Å². The molecule has 0 spiro atoms. The predicted molar refractivity (Wildman–Crippen MR) is 81.3 cm³/mol. The van der Waals surface area contributed by atoms with Gasteiger partial charge < -0.3 is 4.90 Å². The number of hydrogen-bond acceptors (Lipinski definition) is 4. The largest absolute Gasteiger partial charge is 0.339 e. The first-order valence-corrected chi connectivity index (χ1v) is 7.69. The van der Waals surface area contributed by atoms with Crippen LogP contribution in [0.3, 0.4) is 0 Å². The summed E-state index contributed by atoms with van der Waals surface area (Å²) in [5.74, 6) is 1.81. The Balaban J connectivity index is 1.67. The molecule has 2 aromatic heterocycles. The van der Waals surface area contributed by atoms with Gasteiger partial charge in [0.15, 0.2) is 0 Å². The lowest BCUT2D eigenvalue weighted by Gasteiger charge is -2.33. The van der Waals surface area contributed by atoms with E-state index in [4.69, 9.17) is 0 Å². The highest BCUT2D eigenvalue weighted by Crippen LogP contribution is 2.22. The Morgan fingerprint density at radius 1 is 1.36 bits per heavy atom. The third kappa shape index (κ3) is 3.03. The molecule has 2 aromatic rings. The van der Waals surface area contributed by atoms with E-state index in [1.54, 1.807) is 10.9 Å². The summed E-state index contributed by atoms with van der Waals surface area (Å²) in [5.41, 5.74) is 1.07. The molecule has 1 atom stereocenters. The van der Waals surface area contributed by atoms with Gasteiger partial charge in [-0.05, 0) is 39.2 Å². The quantitative estimate of drug-likeness (QED) is 0.856. The summed E-state index contributed by atoms with van der Waals surface area (Å²) < 4.78 is 3.67. The first kappa shape index (κ1) is 14.7. The van der Waals surface area contributed by atoms with Crippen LogP contribution in [-0.2, 0) is 11.3 Å². The summed E-state index contributed by atoms with van der Waals surface area (Å²) in [6.07, 6.45) is 5.69. The highest BCUT2D eigenvalue weighted by Gasteiger charge is 2.26. The average Bonchev–Trinajstić information content (AvgIpc) is 3.04. The van der Waals surface area contributed by atoms with E-state index in [0.717, 1.165) is 36.6 Å². The van der Waals surface area contributed by atoms with E-state index in [2.05, 4.69) is 15.2 Å². The zero-order valence-electron chi connectivity index (χ0n) is 13.4. The molecule has 0 N–H and O–H groups in total. The van der Waals surface area contributed by atoms with Gasteiger partial charge in [0.1, 0.15) is 18.2 Å². The number of likely N-dealkylation sites (tertiary alicyclic amines) is 1. The van der Waals surface area contributed by atoms with Crippen LogP contribution in [0, 0.1) is 20.8 Å². The first-order chi connectivity index (χ1) is 10.5. The smallest absolute Gasteiger partial charge is 0.244 e. The van der Waals surface area contributed by atoms with E-state index in [0.29, 0.717) is 13.1 Å². The maximum Gasteiger partial charge on any atom is 0.244 e. The van der Waals surface area contributed by atoms with Gasteiger partial charge in [0.25, 0.3) is 0 Å². The summed E-state index contributed by atoms with van der Waals surface area (Å²) in [5, 5.41) is 8.65. The Labute approximate surface area is 129 Å². The van der Waals surface area contributed by atoms with Gasteiger partial charge in [-0.3, -0.25) is 9.48 Å². The molecule has 0 radical (unpaired) electrons. The van der Waals surface area contributed by atoms with Crippen LogP contribution in [0.1, 0.15) is 36.1 Å². The lowest BCUT2D eigenvalue weighted by atomic mass is 10.1. The fraction of sp³-hybridized carbons (Fsp3) is 0.600. The van der Waals surface area contributed by atoms with Crippen LogP contribution >= 0.6 is 0 Å². The molecule has 0 aliphatic carbocycles. The molecule has 0 bridgehead atoms. The van der Waals surface area contributed by atoms with Gasteiger partial charge in [0.2, 0.25) is 5.91 Å². The van der Waals surface area contributed by atoms with Crippen LogP contribution in [0.2, 0.25) is 0 Å². The van der Waals surface area contributed by atoms with E-state index >= 15 is 0 Å². The van der Waals surface area contributed by atoms with Crippen LogP contribution in [0.5, 0.6) is 0 Å². The molecule has 0 saturated carbocycles. The molecule has 3 rings (SSSR count).